The molecular formula is C15H20N2O3S. The Bertz CT molecular complexity index is 624. The molecule has 1 aliphatic heterocycles. The Labute approximate surface area is 128 Å². The molecule has 2 heterocycles. The molecule has 1 amide bonds. The molecule has 0 spiro atoms. The molecule has 1 saturated heterocycles. The van der Waals surface area contributed by atoms with Crippen molar-refractivity contribution in [3.05, 3.63) is 33.2 Å². The summed E-state index contributed by atoms with van der Waals surface area (Å²) in [4.78, 5) is 39.5. The van der Waals surface area contributed by atoms with Gasteiger partial charge in [-0.2, -0.15) is 0 Å². The van der Waals surface area contributed by atoms with E-state index in [1.807, 2.05) is 19.9 Å². The van der Waals surface area contributed by atoms with E-state index in [1.165, 1.54) is 18.7 Å². The van der Waals surface area contributed by atoms with E-state index < -0.39 is 0 Å². The Morgan fingerprint density at radius 1 is 1.43 bits per heavy atom. The highest BCUT2D eigenvalue weighted by atomic mass is 32.2. The first kappa shape index (κ1) is 15.8. The molecule has 0 aliphatic carbocycles. The maximum absolute atomic E-state index is 12.0. The van der Waals surface area contributed by atoms with E-state index in [0.717, 1.165) is 11.3 Å². The van der Waals surface area contributed by atoms with Gasteiger partial charge in [-0.25, -0.2) is 0 Å². The summed E-state index contributed by atoms with van der Waals surface area (Å²) in [5.74, 6) is 0.917. The highest BCUT2D eigenvalue weighted by Gasteiger charge is 2.30. The van der Waals surface area contributed by atoms with Crippen molar-refractivity contribution in [2.24, 2.45) is 5.92 Å². The first-order valence-corrected chi connectivity index (χ1v) is 7.96. The Kier molecular flexibility index (Phi) is 4.88. The van der Waals surface area contributed by atoms with Crippen LogP contribution < -0.4 is 5.56 Å². The highest BCUT2D eigenvalue weighted by Crippen LogP contribution is 2.23. The van der Waals surface area contributed by atoms with Crippen LogP contribution in [-0.2, 0) is 16.1 Å². The van der Waals surface area contributed by atoms with Crippen molar-refractivity contribution in [2.75, 3.05) is 12.3 Å². The van der Waals surface area contributed by atoms with Crippen LogP contribution in [0, 0.1) is 19.8 Å². The van der Waals surface area contributed by atoms with Gasteiger partial charge in [-0.05, 0) is 31.4 Å². The number of carbonyl (C=O) groups is 2. The predicted molar refractivity (Wildman–Crippen MR) is 83.2 cm³/mol. The number of nitrogens with one attached hydrogen (secondary N) is 1. The predicted octanol–water partition coefficient (Wildman–Crippen LogP) is 1.62. The molecule has 0 bridgehead atoms. The van der Waals surface area contributed by atoms with Crippen LogP contribution in [0.3, 0.4) is 0 Å². The maximum Gasteiger partial charge on any atom is 0.253 e. The summed E-state index contributed by atoms with van der Waals surface area (Å²) in [6.45, 7) is 6.23. The number of carbonyl (C=O) groups excluding carboxylic acids is 2. The van der Waals surface area contributed by atoms with E-state index >= 15 is 0 Å². The first-order chi connectivity index (χ1) is 9.86. The van der Waals surface area contributed by atoms with E-state index in [2.05, 4.69) is 4.98 Å². The average Bonchev–Trinajstić information content (AvgIpc) is 2.72. The summed E-state index contributed by atoms with van der Waals surface area (Å²) < 4.78 is 0. The van der Waals surface area contributed by atoms with Crippen LogP contribution in [-0.4, -0.2) is 33.2 Å². The first-order valence-electron chi connectivity index (χ1n) is 6.97. The Hall–Kier alpha value is -1.56. The molecule has 1 aromatic heterocycles. The minimum Gasteiger partial charge on any atom is -0.338 e. The summed E-state index contributed by atoms with van der Waals surface area (Å²) in [5.41, 5.74) is 2.26. The van der Waals surface area contributed by atoms with Crippen molar-refractivity contribution >= 4 is 22.8 Å². The number of pyridine rings is 1. The Balaban J connectivity index is 2.05. The second-order valence-corrected chi connectivity index (χ2v) is 6.79. The third-order valence-corrected chi connectivity index (χ3v) is 4.70. The number of aryl methyl sites for hydroxylation is 2. The minimum absolute atomic E-state index is 0.0588. The molecule has 0 saturated carbocycles. The molecule has 0 aromatic carbocycles. The quantitative estimate of drug-likeness (QED) is 0.917. The molecule has 1 N–H and O–H groups in total. The van der Waals surface area contributed by atoms with Gasteiger partial charge >= 0.3 is 0 Å². The third kappa shape index (κ3) is 3.97. The monoisotopic (exact) mass is 308 g/mol. The van der Waals surface area contributed by atoms with Crippen LogP contribution in [0.4, 0.5) is 0 Å². The van der Waals surface area contributed by atoms with Gasteiger partial charge in [-0.3, -0.25) is 14.4 Å². The number of H-pyrrole nitrogens is 1. The van der Waals surface area contributed by atoms with Gasteiger partial charge in [0.05, 0.1) is 6.54 Å². The number of aromatic nitrogens is 1. The molecule has 1 atom stereocenters. The van der Waals surface area contributed by atoms with Crippen molar-refractivity contribution in [1.29, 1.82) is 0 Å². The number of hydrogen-bond donors (Lipinski definition) is 1. The summed E-state index contributed by atoms with van der Waals surface area (Å²) in [6, 6.07) is 1.92. The second-order valence-electron chi connectivity index (χ2n) is 5.59. The molecule has 5 nitrogen and oxygen atoms in total. The fourth-order valence-electron chi connectivity index (χ4n) is 2.62. The van der Waals surface area contributed by atoms with Gasteiger partial charge in [0.2, 0.25) is 5.91 Å². The number of nitrogens with zero attached hydrogens (tertiary/aromatic N) is 1. The van der Waals surface area contributed by atoms with Crippen molar-refractivity contribution < 1.29 is 9.59 Å². The van der Waals surface area contributed by atoms with Gasteiger partial charge in [-0.1, -0.05) is 11.8 Å². The number of amides is 1. The highest BCUT2D eigenvalue weighted by molar-refractivity contribution is 8.13. The summed E-state index contributed by atoms with van der Waals surface area (Å²) in [7, 11) is 0. The third-order valence-electron chi connectivity index (χ3n) is 3.66. The van der Waals surface area contributed by atoms with Gasteiger partial charge in [0.1, 0.15) is 0 Å². The number of aromatic amines is 1. The summed E-state index contributed by atoms with van der Waals surface area (Å²) >= 11 is 1.26. The molecule has 1 unspecified atom stereocenters. The molecule has 6 heteroatoms. The van der Waals surface area contributed by atoms with Crippen LogP contribution in [0.2, 0.25) is 0 Å². The van der Waals surface area contributed by atoms with Crippen molar-refractivity contribution in [3.8, 4) is 0 Å². The lowest BCUT2D eigenvalue weighted by atomic mass is 10.1. The number of hydrogen-bond acceptors (Lipinski definition) is 4. The van der Waals surface area contributed by atoms with E-state index in [0.29, 0.717) is 30.8 Å². The molecule has 0 radical (unpaired) electrons. The fourth-order valence-corrected chi connectivity index (χ4v) is 3.32. The second kappa shape index (κ2) is 6.47. The van der Waals surface area contributed by atoms with Gasteiger partial charge in [0.25, 0.3) is 5.56 Å². The van der Waals surface area contributed by atoms with Gasteiger partial charge < -0.3 is 9.88 Å². The lowest BCUT2D eigenvalue weighted by Crippen LogP contribution is -2.29. The van der Waals surface area contributed by atoms with Crippen molar-refractivity contribution in [2.45, 2.75) is 33.7 Å². The SMILES string of the molecule is CC(=O)SCC1CC(=O)N(Cc2c(C)cc(C)[nH]c2=O)C1. The van der Waals surface area contributed by atoms with Crippen LogP contribution in [0.5, 0.6) is 0 Å². The normalized spacial score (nSPS) is 18.3. The molecule has 1 aliphatic rings. The fraction of sp³-hybridized carbons (Fsp3) is 0.533. The van der Waals surface area contributed by atoms with Crippen LogP contribution in [0.15, 0.2) is 10.9 Å². The van der Waals surface area contributed by atoms with Gasteiger partial charge in [-0.15, -0.1) is 0 Å². The smallest absolute Gasteiger partial charge is 0.253 e. The molecular weight excluding hydrogens is 288 g/mol. The zero-order valence-electron chi connectivity index (χ0n) is 12.6. The zero-order chi connectivity index (χ0) is 15.6. The Morgan fingerprint density at radius 3 is 2.76 bits per heavy atom. The summed E-state index contributed by atoms with van der Waals surface area (Å²) in [6.07, 6.45) is 0.461. The lowest BCUT2D eigenvalue weighted by molar-refractivity contribution is -0.128. The van der Waals surface area contributed by atoms with E-state index in [1.54, 1.807) is 4.90 Å². The minimum atomic E-state index is -0.123. The molecule has 1 aromatic rings. The van der Waals surface area contributed by atoms with E-state index in [9.17, 15) is 14.4 Å². The molecule has 2 rings (SSSR count). The van der Waals surface area contributed by atoms with Crippen LogP contribution in [0.1, 0.15) is 30.2 Å². The number of likely N-dealkylation sites (tertiary alicyclic amines) is 1. The van der Waals surface area contributed by atoms with Crippen molar-refractivity contribution in [3.63, 3.8) is 0 Å². The van der Waals surface area contributed by atoms with Gasteiger partial charge in [0.15, 0.2) is 5.12 Å². The van der Waals surface area contributed by atoms with Crippen LogP contribution >= 0.6 is 11.8 Å². The lowest BCUT2D eigenvalue weighted by Gasteiger charge is -2.17. The number of rotatable bonds is 4. The standard InChI is InChI=1S/C15H20N2O3S/c1-9-4-10(2)16-15(20)13(9)7-17-6-12(5-14(17)19)8-21-11(3)18/h4,12H,5-8H2,1-3H3,(H,16,20). The molecule has 114 valence electrons. The largest absolute Gasteiger partial charge is 0.338 e. The van der Waals surface area contributed by atoms with E-state index in [-0.39, 0.29) is 22.5 Å². The van der Waals surface area contributed by atoms with Crippen molar-refractivity contribution in [1.82, 2.24) is 9.88 Å². The van der Waals surface area contributed by atoms with E-state index in [4.69, 9.17) is 0 Å². The molecule has 1 fully saturated rings. The zero-order valence-corrected chi connectivity index (χ0v) is 13.4. The Morgan fingerprint density at radius 2 is 2.14 bits per heavy atom. The average molecular weight is 308 g/mol. The van der Waals surface area contributed by atoms with Gasteiger partial charge in [0, 0.05) is 36.9 Å². The van der Waals surface area contributed by atoms with Crippen LogP contribution in [0.25, 0.3) is 0 Å². The molecule has 21 heavy (non-hydrogen) atoms. The summed E-state index contributed by atoms with van der Waals surface area (Å²) in [5, 5.41) is 0.0757. The topological polar surface area (TPSA) is 70.2 Å². The number of thioether (sulfide) groups is 1. The maximum atomic E-state index is 12.0.